The van der Waals surface area contributed by atoms with Crippen LogP contribution in [-0.2, 0) is 10.0 Å². The average molecular weight is 391 g/mol. The maximum absolute atomic E-state index is 11.5. The molecule has 0 bridgehead atoms. The van der Waals surface area contributed by atoms with Crippen LogP contribution < -0.4 is 5.14 Å². The van der Waals surface area contributed by atoms with E-state index in [1.165, 1.54) is 12.1 Å². The number of phenolic OH excluding ortho intramolecular Hbond substituents is 1. The van der Waals surface area contributed by atoms with Crippen LogP contribution in [0.4, 0.5) is 0 Å². The zero-order chi connectivity index (χ0) is 19.7. The highest BCUT2D eigenvalue weighted by atomic mass is 32.2. The van der Waals surface area contributed by atoms with Gasteiger partial charge in [0.05, 0.1) is 22.0 Å². The van der Waals surface area contributed by atoms with Gasteiger partial charge in [-0.05, 0) is 42.5 Å². The average Bonchev–Trinajstić information content (AvgIpc) is 3.14. The largest absolute Gasteiger partial charge is 0.507 e. The fourth-order valence-corrected chi connectivity index (χ4v) is 3.50. The van der Waals surface area contributed by atoms with E-state index in [2.05, 4.69) is 5.10 Å². The molecule has 0 unspecified atom stereocenters. The minimum absolute atomic E-state index is 0.0239. The lowest BCUT2D eigenvalue weighted by Crippen LogP contribution is -2.12. The molecule has 0 aliphatic rings. The zero-order valence-electron chi connectivity index (χ0n) is 14.7. The molecule has 3 N–H and O–H groups in total. The second kappa shape index (κ2) is 6.95. The van der Waals surface area contributed by atoms with Crippen molar-refractivity contribution in [3.05, 3.63) is 84.9 Å². The van der Waals surface area contributed by atoms with Gasteiger partial charge < -0.3 is 5.11 Å². The highest BCUT2D eigenvalue weighted by Crippen LogP contribution is 2.33. The van der Waals surface area contributed by atoms with Gasteiger partial charge in [-0.2, -0.15) is 5.10 Å². The van der Waals surface area contributed by atoms with E-state index in [0.717, 1.165) is 11.3 Å². The predicted molar refractivity (Wildman–Crippen MR) is 107 cm³/mol. The molecule has 7 heteroatoms. The van der Waals surface area contributed by atoms with Gasteiger partial charge in [0, 0.05) is 11.1 Å². The van der Waals surface area contributed by atoms with Crippen molar-refractivity contribution in [3.8, 4) is 34.0 Å². The Morgan fingerprint density at radius 3 is 2.14 bits per heavy atom. The van der Waals surface area contributed by atoms with Gasteiger partial charge >= 0.3 is 0 Å². The molecule has 0 spiro atoms. The molecule has 0 fully saturated rings. The second-order valence-electron chi connectivity index (χ2n) is 6.25. The molecule has 140 valence electrons. The molecule has 0 atom stereocenters. The summed E-state index contributed by atoms with van der Waals surface area (Å²) >= 11 is 0. The summed E-state index contributed by atoms with van der Waals surface area (Å²) in [4.78, 5) is 0.0239. The summed E-state index contributed by atoms with van der Waals surface area (Å²) in [7, 11) is -3.78. The number of primary sulfonamides is 1. The third-order valence-corrected chi connectivity index (χ3v) is 5.30. The summed E-state index contributed by atoms with van der Waals surface area (Å²) in [5, 5.41) is 20.2. The van der Waals surface area contributed by atoms with Crippen molar-refractivity contribution >= 4 is 10.0 Å². The Hall–Kier alpha value is -3.42. The van der Waals surface area contributed by atoms with Crippen LogP contribution in [0.5, 0.6) is 5.75 Å². The third kappa shape index (κ3) is 3.40. The predicted octanol–water partition coefficient (Wildman–Crippen LogP) is 3.56. The van der Waals surface area contributed by atoms with Gasteiger partial charge in [0.1, 0.15) is 5.75 Å². The van der Waals surface area contributed by atoms with Crippen LogP contribution in [0.25, 0.3) is 28.2 Å². The molecule has 6 nitrogen and oxygen atoms in total. The van der Waals surface area contributed by atoms with Gasteiger partial charge in [-0.1, -0.05) is 42.5 Å². The fourth-order valence-electron chi connectivity index (χ4n) is 2.99. The normalized spacial score (nSPS) is 11.5. The van der Waals surface area contributed by atoms with Crippen LogP contribution in [-0.4, -0.2) is 23.3 Å². The van der Waals surface area contributed by atoms with Gasteiger partial charge in [0.2, 0.25) is 10.0 Å². The summed E-state index contributed by atoms with van der Waals surface area (Å²) in [6.07, 6.45) is 0. The molecular weight excluding hydrogens is 374 g/mol. The van der Waals surface area contributed by atoms with E-state index in [-0.39, 0.29) is 10.6 Å². The quantitative estimate of drug-likeness (QED) is 0.556. The number of benzene rings is 3. The van der Waals surface area contributed by atoms with Crippen LogP contribution in [0.3, 0.4) is 0 Å². The first-order valence-corrected chi connectivity index (χ1v) is 10.1. The number of aromatic hydroxyl groups is 1. The number of para-hydroxylation sites is 1. The van der Waals surface area contributed by atoms with E-state index in [4.69, 9.17) is 5.14 Å². The second-order valence-corrected chi connectivity index (χ2v) is 7.81. The molecule has 0 saturated heterocycles. The van der Waals surface area contributed by atoms with Crippen molar-refractivity contribution in [3.63, 3.8) is 0 Å². The molecule has 0 radical (unpaired) electrons. The van der Waals surface area contributed by atoms with Gasteiger partial charge in [-0.3, -0.25) is 0 Å². The smallest absolute Gasteiger partial charge is 0.238 e. The highest BCUT2D eigenvalue weighted by Gasteiger charge is 2.16. The maximum atomic E-state index is 11.5. The van der Waals surface area contributed by atoms with Gasteiger partial charge in [-0.15, -0.1) is 0 Å². The topological polar surface area (TPSA) is 98.2 Å². The van der Waals surface area contributed by atoms with Crippen molar-refractivity contribution in [1.82, 2.24) is 9.78 Å². The van der Waals surface area contributed by atoms with Crippen LogP contribution in [0.15, 0.2) is 89.8 Å². The van der Waals surface area contributed by atoms with E-state index in [9.17, 15) is 13.5 Å². The van der Waals surface area contributed by atoms with E-state index in [1.807, 2.05) is 42.5 Å². The van der Waals surface area contributed by atoms with E-state index in [0.29, 0.717) is 16.9 Å². The number of rotatable bonds is 4. The van der Waals surface area contributed by atoms with E-state index < -0.39 is 10.0 Å². The molecular formula is C21H17N3O3S. The Balaban J connectivity index is 1.90. The number of nitrogens with zero attached hydrogens (tertiary/aromatic N) is 2. The Kier molecular flexibility index (Phi) is 4.46. The third-order valence-electron chi connectivity index (χ3n) is 4.37. The van der Waals surface area contributed by atoms with Crippen LogP contribution in [0.1, 0.15) is 0 Å². The van der Waals surface area contributed by atoms with Crippen LogP contribution >= 0.6 is 0 Å². The number of hydrogen-bond donors (Lipinski definition) is 2. The lowest BCUT2D eigenvalue weighted by atomic mass is 10.1. The van der Waals surface area contributed by atoms with Gasteiger partial charge in [0.25, 0.3) is 0 Å². The first kappa shape index (κ1) is 18.0. The molecule has 0 aliphatic heterocycles. The molecule has 4 aromatic rings. The van der Waals surface area contributed by atoms with Gasteiger partial charge in [0.15, 0.2) is 0 Å². The lowest BCUT2D eigenvalue weighted by molar-refractivity contribution is 0.477. The zero-order valence-corrected chi connectivity index (χ0v) is 15.5. The maximum Gasteiger partial charge on any atom is 0.238 e. The Labute approximate surface area is 162 Å². The van der Waals surface area contributed by atoms with Crippen LogP contribution in [0.2, 0.25) is 0 Å². The number of aromatic nitrogens is 2. The van der Waals surface area contributed by atoms with E-state index in [1.54, 1.807) is 35.0 Å². The first-order chi connectivity index (χ1) is 13.4. The summed E-state index contributed by atoms with van der Waals surface area (Å²) in [6, 6.07) is 24.7. The fraction of sp³-hybridized carbons (Fsp3) is 0. The molecule has 4 rings (SSSR count). The molecule has 3 aromatic carbocycles. The highest BCUT2D eigenvalue weighted by molar-refractivity contribution is 7.89. The number of nitrogens with two attached hydrogens (primary N) is 1. The van der Waals surface area contributed by atoms with Crippen molar-refractivity contribution in [1.29, 1.82) is 0 Å². The Morgan fingerprint density at radius 2 is 1.50 bits per heavy atom. The molecule has 0 aliphatic carbocycles. The van der Waals surface area contributed by atoms with E-state index >= 15 is 0 Å². The van der Waals surface area contributed by atoms with Crippen molar-refractivity contribution < 1.29 is 13.5 Å². The molecule has 1 heterocycles. The summed E-state index contributed by atoms with van der Waals surface area (Å²) in [5.41, 5.74) is 3.61. The number of phenols is 1. The molecule has 28 heavy (non-hydrogen) atoms. The minimum atomic E-state index is -3.78. The molecule has 0 amide bonds. The van der Waals surface area contributed by atoms with Crippen LogP contribution in [0, 0.1) is 0 Å². The summed E-state index contributed by atoms with van der Waals surface area (Å²) in [6.45, 7) is 0. The number of sulfonamides is 1. The number of hydrogen-bond acceptors (Lipinski definition) is 4. The first-order valence-electron chi connectivity index (χ1n) is 8.50. The van der Waals surface area contributed by atoms with Crippen molar-refractivity contribution in [2.45, 2.75) is 4.90 Å². The SMILES string of the molecule is NS(=O)(=O)c1ccc(-n2nc(-c3ccccc3)cc2-c2ccccc2O)cc1. The van der Waals surface area contributed by atoms with Crippen molar-refractivity contribution in [2.24, 2.45) is 5.14 Å². The Morgan fingerprint density at radius 1 is 0.857 bits per heavy atom. The summed E-state index contributed by atoms with van der Waals surface area (Å²) < 4.78 is 24.7. The van der Waals surface area contributed by atoms with Crippen molar-refractivity contribution in [2.75, 3.05) is 0 Å². The Bertz CT molecular complexity index is 1230. The lowest BCUT2D eigenvalue weighted by Gasteiger charge is -2.09. The summed E-state index contributed by atoms with van der Waals surface area (Å²) in [5.74, 6) is 0.129. The van der Waals surface area contributed by atoms with Gasteiger partial charge in [-0.25, -0.2) is 18.2 Å². The monoisotopic (exact) mass is 391 g/mol. The minimum Gasteiger partial charge on any atom is -0.507 e. The standard InChI is InChI=1S/C21H17N3O3S/c22-28(26,27)17-12-10-16(11-13-17)24-20(18-8-4-5-9-21(18)25)14-19(23-24)15-6-2-1-3-7-15/h1-14,25H,(H2,22,26,27). The molecule has 1 aromatic heterocycles. The molecule has 0 saturated carbocycles.